The second-order valence-electron chi connectivity index (χ2n) is 6.16. The van der Waals surface area contributed by atoms with E-state index in [2.05, 4.69) is 22.3 Å². The smallest absolute Gasteiger partial charge is 0.243 e. The standard InChI is InChI=1S/C15H22N4O/c1-11-5-3-7-15(9-11,10-20)17-14-16-13-12(2)6-4-8-19(13)18-14/h4,6,8,11,20H,3,5,7,9-10H2,1-2H3,(H,17,18). The summed E-state index contributed by atoms with van der Waals surface area (Å²) in [6.45, 7) is 4.40. The third-order valence-electron chi connectivity index (χ3n) is 4.33. The number of aryl methyl sites for hydroxylation is 1. The highest BCUT2D eigenvalue weighted by molar-refractivity contribution is 5.50. The van der Waals surface area contributed by atoms with E-state index in [1.807, 2.05) is 25.3 Å². The fourth-order valence-corrected chi connectivity index (χ4v) is 3.29. The van der Waals surface area contributed by atoms with Crippen LogP contribution in [0.3, 0.4) is 0 Å². The van der Waals surface area contributed by atoms with Gasteiger partial charge in [0.15, 0.2) is 5.65 Å². The van der Waals surface area contributed by atoms with E-state index in [1.165, 1.54) is 6.42 Å². The highest BCUT2D eigenvalue weighted by atomic mass is 16.3. The van der Waals surface area contributed by atoms with Gasteiger partial charge in [-0.05, 0) is 37.3 Å². The van der Waals surface area contributed by atoms with Gasteiger partial charge in [0.2, 0.25) is 5.95 Å². The number of nitrogens with zero attached hydrogens (tertiary/aromatic N) is 3. The number of aliphatic hydroxyl groups is 1. The number of fused-ring (bicyclic) bond motifs is 1. The number of pyridine rings is 1. The lowest BCUT2D eigenvalue weighted by Gasteiger charge is -2.39. The fourth-order valence-electron chi connectivity index (χ4n) is 3.29. The Bertz CT molecular complexity index is 609. The number of hydrogen-bond acceptors (Lipinski definition) is 4. The van der Waals surface area contributed by atoms with Crippen molar-refractivity contribution >= 4 is 11.6 Å². The Morgan fingerprint density at radius 1 is 1.55 bits per heavy atom. The third-order valence-corrected chi connectivity index (χ3v) is 4.33. The molecule has 20 heavy (non-hydrogen) atoms. The molecule has 2 N–H and O–H groups in total. The van der Waals surface area contributed by atoms with Gasteiger partial charge in [-0.25, -0.2) is 4.52 Å². The highest BCUT2D eigenvalue weighted by Gasteiger charge is 2.35. The van der Waals surface area contributed by atoms with E-state index >= 15 is 0 Å². The molecule has 2 heterocycles. The molecule has 0 aromatic carbocycles. The molecule has 5 nitrogen and oxygen atoms in total. The van der Waals surface area contributed by atoms with Gasteiger partial charge < -0.3 is 10.4 Å². The minimum atomic E-state index is -0.267. The van der Waals surface area contributed by atoms with Crippen LogP contribution in [-0.2, 0) is 0 Å². The zero-order valence-electron chi connectivity index (χ0n) is 12.1. The molecule has 1 fully saturated rings. The fraction of sp³-hybridized carbons (Fsp3) is 0.600. The van der Waals surface area contributed by atoms with Crippen molar-refractivity contribution in [2.75, 3.05) is 11.9 Å². The number of hydrogen-bond donors (Lipinski definition) is 2. The summed E-state index contributed by atoms with van der Waals surface area (Å²) < 4.78 is 1.79. The van der Waals surface area contributed by atoms with Crippen LogP contribution in [0.5, 0.6) is 0 Å². The van der Waals surface area contributed by atoms with Crippen molar-refractivity contribution in [3.63, 3.8) is 0 Å². The average molecular weight is 274 g/mol. The van der Waals surface area contributed by atoms with E-state index in [0.717, 1.165) is 30.5 Å². The van der Waals surface area contributed by atoms with Crippen molar-refractivity contribution in [3.8, 4) is 0 Å². The van der Waals surface area contributed by atoms with E-state index < -0.39 is 0 Å². The monoisotopic (exact) mass is 274 g/mol. The summed E-state index contributed by atoms with van der Waals surface area (Å²) in [5.41, 5.74) is 1.70. The summed E-state index contributed by atoms with van der Waals surface area (Å²) >= 11 is 0. The molecule has 2 atom stereocenters. The summed E-state index contributed by atoms with van der Waals surface area (Å²) in [7, 11) is 0. The molecule has 0 radical (unpaired) electrons. The van der Waals surface area contributed by atoms with Gasteiger partial charge in [-0.2, -0.15) is 4.98 Å². The Hall–Kier alpha value is -1.62. The van der Waals surface area contributed by atoms with E-state index in [9.17, 15) is 5.11 Å². The van der Waals surface area contributed by atoms with E-state index in [4.69, 9.17) is 0 Å². The Balaban J connectivity index is 1.89. The molecular weight excluding hydrogens is 252 g/mol. The van der Waals surface area contributed by atoms with Gasteiger partial charge >= 0.3 is 0 Å². The zero-order valence-corrected chi connectivity index (χ0v) is 12.1. The van der Waals surface area contributed by atoms with Crippen molar-refractivity contribution < 1.29 is 5.11 Å². The quantitative estimate of drug-likeness (QED) is 0.902. The van der Waals surface area contributed by atoms with Crippen molar-refractivity contribution in [2.24, 2.45) is 5.92 Å². The maximum Gasteiger partial charge on any atom is 0.243 e. The van der Waals surface area contributed by atoms with Crippen LogP contribution >= 0.6 is 0 Å². The molecule has 3 rings (SSSR count). The molecule has 1 aliphatic carbocycles. The topological polar surface area (TPSA) is 62.5 Å². The van der Waals surface area contributed by atoms with Gasteiger partial charge in [0.1, 0.15) is 0 Å². The largest absolute Gasteiger partial charge is 0.394 e. The highest BCUT2D eigenvalue weighted by Crippen LogP contribution is 2.34. The van der Waals surface area contributed by atoms with Gasteiger partial charge in [-0.3, -0.25) is 0 Å². The molecule has 2 unspecified atom stereocenters. The maximum atomic E-state index is 9.83. The molecule has 0 saturated heterocycles. The summed E-state index contributed by atoms with van der Waals surface area (Å²) in [4.78, 5) is 4.55. The first-order valence-corrected chi connectivity index (χ1v) is 7.33. The van der Waals surface area contributed by atoms with Crippen molar-refractivity contribution in [1.82, 2.24) is 14.6 Å². The van der Waals surface area contributed by atoms with Gasteiger partial charge in [0, 0.05) is 6.20 Å². The van der Waals surface area contributed by atoms with E-state index in [-0.39, 0.29) is 12.1 Å². The van der Waals surface area contributed by atoms with Crippen molar-refractivity contribution in [3.05, 3.63) is 23.9 Å². The van der Waals surface area contributed by atoms with E-state index in [1.54, 1.807) is 4.52 Å². The molecule has 1 aliphatic rings. The van der Waals surface area contributed by atoms with Crippen LogP contribution in [0.15, 0.2) is 18.3 Å². The van der Waals surface area contributed by atoms with Crippen LogP contribution in [0, 0.1) is 12.8 Å². The minimum absolute atomic E-state index is 0.131. The molecule has 1 saturated carbocycles. The molecule has 2 aromatic rings. The van der Waals surface area contributed by atoms with Crippen LogP contribution in [0.25, 0.3) is 5.65 Å². The minimum Gasteiger partial charge on any atom is -0.394 e. The zero-order chi connectivity index (χ0) is 14.2. The molecule has 0 amide bonds. The van der Waals surface area contributed by atoms with E-state index in [0.29, 0.717) is 11.9 Å². The van der Waals surface area contributed by atoms with Gasteiger partial charge in [0.25, 0.3) is 0 Å². The van der Waals surface area contributed by atoms with Crippen LogP contribution < -0.4 is 5.32 Å². The van der Waals surface area contributed by atoms with Crippen LogP contribution in [0.2, 0.25) is 0 Å². The maximum absolute atomic E-state index is 9.83. The second-order valence-corrected chi connectivity index (χ2v) is 6.16. The second kappa shape index (κ2) is 5.05. The number of aliphatic hydroxyl groups excluding tert-OH is 1. The average Bonchev–Trinajstić information content (AvgIpc) is 2.82. The summed E-state index contributed by atoms with van der Waals surface area (Å²) in [5.74, 6) is 1.24. The molecule has 108 valence electrons. The molecule has 5 heteroatoms. The number of anilines is 1. The summed E-state index contributed by atoms with van der Waals surface area (Å²) in [5, 5.41) is 17.7. The lowest BCUT2D eigenvalue weighted by molar-refractivity contribution is 0.149. The van der Waals surface area contributed by atoms with Crippen LogP contribution in [0.1, 0.15) is 38.2 Å². The first kappa shape index (κ1) is 13.4. The summed E-state index contributed by atoms with van der Waals surface area (Å²) in [6.07, 6.45) is 6.22. The predicted octanol–water partition coefficient (Wildman–Crippen LogP) is 2.39. The molecule has 0 bridgehead atoms. The SMILES string of the molecule is Cc1cccn2nc(NC3(CO)CCCC(C)C3)nc12. The Kier molecular flexibility index (Phi) is 3.38. The van der Waals surface area contributed by atoms with Gasteiger partial charge in [0.05, 0.1) is 12.1 Å². The van der Waals surface area contributed by atoms with Crippen molar-refractivity contribution in [2.45, 2.75) is 45.1 Å². The normalized spacial score (nSPS) is 26.9. The summed E-state index contributed by atoms with van der Waals surface area (Å²) in [6, 6.07) is 3.99. The van der Waals surface area contributed by atoms with Crippen LogP contribution in [0.4, 0.5) is 5.95 Å². The molecule has 2 aromatic heterocycles. The predicted molar refractivity (Wildman–Crippen MR) is 78.8 cm³/mol. The number of nitrogens with one attached hydrogen (secondary N) is 1. The molecule has 0 spiro atoms. The third kappa shape index (κ3) is 2.38. The lowest BCUT2D eigenvalue weighted by atomic mass is 9.77. The molecule has 0 aliphatic heterocycles. The lowest BCUT2D eigenvalue weighted by Crippen LogP contribution is -2.46. The number of rotatable bonds is 3. The first-order chi connectivity index (χ1) is 9.62. The van der Waals surface area contributed by atoms with Crippen molar-refractivity contribution in [1.29, 1.82) is 0 Å². The van der Waals surface area contributed by atoms with Gasteiger partial charge in [-0.15, -0.1) is 5.10 Å². The van der Waals surface area contributed by atoms with Crippen LogP contribution in [-0.4, -0.2) is 31.9 Å². The Morgan fingerprint density at radius 2 is 2.40 bits per heavy atom. The first-order valence-electron chi connectivity index (χ1n) is 7.33. The number of aromatic nitrogens is 3. The Labute approximate surface area is 119 Å². The van der Waals surface area contributed by atoms with Gasteiger partial charge in [-0.1, -0.05) is 25.8 Å². The Morgan fingerprint density at radius 3 is 3.10 bits per heavy atom. The molecular formula is C15H22N4O.